The van der Waals surface area contributed by atoms with Crippen molar-refractivity contribution in [1.29, 1.82) is 0 Å². The van der Waals surface area contributed by atoms with Crippen molar-refractivity contribution in [2.24, 2.45) is 5.92 Å². The average Bonchev–Trinajstić information content (AvgIpc) is 2.66. The Morgan fingerprint density at radius 2 is 1.82 bits per heavy atom. The van der Waals surface area contributed by atoms with Crippen LogP contribution in [-0.2, 0) is 13.0 Å². The van der Waals surface area contributed by atoms with E-state index in [0.717, 1.165) is 23.2 Å². The molecule has 3 aromatic rings. The monoisotopic (exact) mass is 395 g/mol. The van der Waals surface area contributed by atoms with E-state index < -0.39 is 5.97 Å². The topological polar surface area (TPSA) is 59.4 Å². The molecule has 0 radical (unpaired) electrons. The highest BCUT2D eigenvalue weighted by atomic mass is 35.5. The Morgan fingerprint density at radius 1 is 1.07 bits per heavy atom. The Kier molecular flexibility index (Phi) is 6.32. The van der Waals surface area contributed by atoms with Gasteiger partial charge in [0.25, 0.3) is 0 Å². The number of benzene rings is 2. The summed E-state index contributed by atoms with van der Waals surface area (Å²) in [6.07, 6.45) is 0.722. The zero-order valence-corrected chi connectivity index (χ0v) is 16.6. The molecule has 0 spiro atoms. The Hall–Kier alpha value is -2.85. The van der Waals surface area contributed by atoms with E-state index in [1.807, 2.05) is 48.5 Å². The van der Waals surface area contributed by atoms with Gasteiger partial charge in [0.2, 0.25) is 0 Å². The van der Waals surface area contributed by atoms with Gasteiger partial charge in [-0.3, -0.25) is 4.98 Å². The lowest BCUT2D eigenvalue weighted by Crippen LogP contribution is -2.12. The summed E-state index contributed by atoms with van der Waals surface area (Å²) in [6.45, 7) is 4.30. The van der Waals surface area contributed by atoms with Crippen molar-refractivity contribution in [3.8, 4) is 16.9 Å². The number of rotatable bonds is 7. The molecule has 1 heterocycles. The standard InChI is InChI=1S/C23H22ClNO3/c1-15(2)11-21-19(16-7-6-8-17(24)12-16)13-20(23(26)27)22(25-21)14-28-18-9-4-3-5-10-18/h3-10,12-13,15H,11,14H2,1-2H3,(H,26,27). The van der Waals surface area contributed by atoms with Crippen LogP contribution < -0.4 is 4.74 Å². The SMILES string of the molecule is CC(C)Cc1nc(COc2ccccc2)c(C(=O)O)cc1-c1cccc(Cl)c1. The van der Waals surface area contributed by atoms with E-state index in [0.29, 0.717) is 22.4 Å². The number of aromatic nitrogens is 1. The van der Waals surface area contributed by atoms with Crippen LogP contribution in [0.1, 0.15) is 35.6 Å². The molecule has 0 bridgehead atoms. The Balaban J connectivity index is 2.05. The van der Waals surface area contributed by atoms with Gasteiger partial charge >= 0.3 is 5.97 Å². The molecule has 1 aromatic heterocycles. The first-order valence-electron chi connectivity index (χ1n) is 9.14. The van der Waals surface area contributed by atoms with Crippen LogP contribution in [0.4, 0.5) is 0 Å². The Bertz CT molecular complexity index is 971. The lowest BCUT2D eigenvalue weighted by atomic mass is 9.95. The fourth-order valence-corrected chi connectivity index (χ4v) is 3.20. The number of carboxylic acid groups (broad SMARTS) is 1. The number of para-hydroxylation sites is 1. The fraction of sp³-hybridized carbons (Fsp3) is 0.217. The Labute approximate surface area is 169 Å². The summed E-state index contributed by atoms with van der Waals surface area (Å²) in [5, 5.41) is 10.3. The summed E-state index contributed by atoms with van der Waals surface area (Å²) in [7, 11) is 0. The summed E-state index contributed by atoms with van der Waals surface area (Å²) in [5.41, 5.74) is 3.04. The number of aromatic carboxylic acids is 1. The molecule has 4 nitrogen and oxygen atoms in total. The summed E-state index contributed by atoms with van der Waals surface area (Å²) >= 11 is 6.15. The predicted octanol–water partition coefficient (Wildman–Crippen LogP) is 5.88. The van der Waals surface area contributed by atoms with E-state index in [2.05, 4.69) is 13.8 Å². The molecule has 0 unspecified atom stereocenters. The molecular formula is C23H22ClNO3. The number of hydrogen-bond donors (Lipinski definition) is 1. The summed E-state index contributed by atoms with van der Waals surface area (Å²) in [4.78, 5) is 16.6. The van der Waals surface area contributed by atoms with Crippen LogP contribution in [0.25, 0.3) is 11.1 Å². The number of pyridine rings is 1. The second-order valence-electron chi connectivity index (χ2n) is 6.99. The zero-order chi connectivity index (χ0) is 20.1. The van der Waals surface area contributed by atoms with Gasteiger partial charge in [0, 0.05) is 16.3 Å². The molecule has 0 saturated carbocycles. The largest absolute Gasteiger partial charge is 0.487 e. The van der Waals surface area contributed by atoms with Crippen molar-refractivity contribution >= 4 is 17.6 Å². The zero-order valence-electron chi connectivity index (χ0n) is 15.9. The molecule has 2 aromatic carbocycles. The average molecular weight is 396 g/mol. The van der Waals surface area contributed by atoms with Gasteiger partial charge in [-0.1, -0.05) is 55.8 Å². The summed E-state index contributed by atoms with van der Waals surface area (Å²) in [6, 6.07) is 18.4. The van der Waals surface area contributed by atoms with Gasteiger partial charge in [0.05, 0.1) is 11.3 Å². The van der Waals surface area contributed by atoms with Crippen LogP contribution in [0.3, 0.4) is 0 Å². The number of nitrogens with zero attached hydrogens (tertiary/aromatic N) is 1. The molecule has 0 fully saturated rings. The van der Waals surface area contributed by atoms with Crippen LogP contribution in [0.15, 0.2) is 60.7 Å². The van der Waals surface area contributed by atoms with Gasteiger partial charge in [-0.25, -0.2) is 4.79 Å². The van der Waals surface area contributed by atoms with Crippen LogP contribution in [0, 0.1) is 5.92 Å². The number of hydrogen-bond acceptors (Lipinski definition) is 3. The van der Waals surface area contributed by atoms with Crippen LogP contribution in [0.2, 0.25) is 5.02 Å². The van der Waals surface area contributed by atoms with E-state index in [4.69, 9.17) is 21.3 Å². The van der Waals surface area contributed by atoms with E-state index in [1.165, 1.54) is 0 Å². The number of carboxylic acids is 1. The normalized spacial score (nSPS) is 10.9. The van der Waals surface area contributed by atoms with Gasteiger partial charge in [0.1, 0.15) is 12.4 Å². The third kappa shape index (κ3) is 4.90. The first kappa shape index (κ1) is 19.9. The second kappa shape index (κ2) is 8.89. The van der Waals surface area contributed by atoms with Crippen molar-refractivity contribution < 1.29 is 14.6 Å². The van der Waals surface area contributed by atoms with E-state index in [9.17, 15) is 9.90 Å². The quantitative estimate of drug-likeness (QED) is 0.542. The number of ether oxygens (including phenoxy) is 1. The minimum atomic E-state index is -1.03. The highest BCUT2D eigenvalue weighted by Crippen LogP contribution is 2.29. The van der Waals surface area contributed by atoms with Crippen molar-refractivity contribution in [3.05, 3.63) is 82.6 Å². The molecule has 0 aliphatic carbocycles. The molecule has 0 aliphatic heterocycles. The molecule has 28 heavy (non-hydrogen) atoms. The van der Waals surface area contributed by atoms with Crippen molar-refractivity contribution in [1.82, 2.24) is 4.98 Å². The molecule has 0 aliphatic rings. The second-order valence-corrected chi connectivity index (χ2v) is 7.43. The van der Waals surface area contributed by atoms with E-state index in [-0.39, 0.29) is 12.2 Å². The number of halogens is 1. The van der Waals surface area contributed by atoms with Crippen molar-refractivity contribution in [2.75, 3.05) is 0 Å². The van der Waals surface area contributed by atoms with Crippen molar-refractivity contribution in [3.63, 3.8) is 0 Å². The molecule has 144 valence electrons. The third-order valence-electron chi connectivity index (χ3n) is 4.27. The first-order valence-corrected chi connectivity index (χ1v) is 9.51. The van der Waals surface area contributed by atoms with Crippen LogP contribution >= 0.6 is 11.6 Å². The summed E-state index contributed by atoms with van der Waals surface area (Å²) in [5.74, 6) is 0.00695. The Morgan fingerprint density at radius 3 is 2.46 bits per heavy atom. The molecular weight excluding hydrogens is 374 g/mol. The molecule has 0 atom stereocenters. The third-order valence-corrected chi connectivity index (χ3v) is 4.50. The molecule has 1 N–H and O–H groups in total. The minimum Gasteiger partial charge on any atom is -0.487 e. The summed E-state index contributed by atoms with van der Waals surface area (Å²) < 4.78 is 5.76. The molecule has 3 rings (SSSR count). The number of carbonyl (C=O) groups is 1. The highest BCUT2D eigenvalue weighted by Gasteiger charge is 2.19. The molecule has 5 heteroatoms. The maximum Gasteiger partial charge on any atom is 0.337 e. The molecule has 0 amide bonds. The van der Waals surface area contributed by atoms with E-state index in [1.54, 1.807) is 12.1 Å². The van der Waals surface area contributed by atoms with Gasteiger partial charge in [-0.2, -0.15) is 0 Å². The minimum absolute atomic E-state index is 0.0898. The van der Waals surface area contributed by atoms with Gasteiger partial charge in [-0.15, -0.1) is 0 Å². The van der Waals surface area contributed by atoms with E-state index >= 15 is 0 Å². The fourth-order valence-electron chi connectivity index (χ4n) is 3.01. The smallest absolute Gasteiger partial charge is 0.337 e. The molecule has 0 saturated heterocycles. The van der Waals surface area contributed by atoms with Gasteiger partial charge in [-0.05, 0) is 48.2 Å². The van der Waals surface area contributed by atoms with Gasteiger partial charge < -0.3 is 9.84 Å². The lowest BCUT2D eigenvalue weighted by Gasteiger charge is -2.16. The maximum absolute atomic E-state index is 11.9. The van der Waals surface area contributed by atoms with Crippen LogP contribution in [0.5, 0.6) is 5.75 Å². The highest BCUT2D eigenvalue weighted by molar-refractivity contribution is 6.30. The van der Waals surface area contributed by atoms with Gasteiger partial charge in [0.15, 0.2) is 0 Å². The lowest BCUT2D eigenvalue weighted by molar-refractivity contribution is 0.0693. The predicted molar refractivity (Wildman–Crippen MR) is 111 cm³/mol. The maximum atomic E-state index is 11.9. The van der Waals surface area contributed by atoms with Crippen LogP contribution in [-0.4, -0.2) is 16.1 Å². The van der Waals surface area contributed by atoms with Crippen molar-refractivity contribution in [2.45, 2.75) is 26.9 Å². The first-order chi connectivity index (χ1) is 13.4.